The minimum atomic E-state index is -0.433. The minimum absolute atomic E-state index is 0.108. The quantitative estimate of drug-likeness (QED) is 0.858. The number of para-hydroxylation sites is 1. The van der Waals surface area contributed by atoms with Crippen LogP contribution in [-0.4, -0.2) is 22.6 Å². The predicted octanol–water partition coefficient (Wildman–Crippen LogP) is 2.83. The standard InChI is InChI=1S/C16H18N2O2/c1-3-14-17-10-11-18(14)15(19)16(8-9-16)12-6-4-5-7-13(12)20-2/h4-7,10-11H,3,8-9H2,1-2H3. The molecule has 20 heavy (non-hydrogen) atoms. The number of methoxy groups -OCH3 is 1. The second-order valence-electron chi connectivity index (χ2n) is 5.15. The molecule has 0 unspecified atom stereocenters. The maximum absolute atomic E-state index is 12.9. The van der Waals surface area contributed by atoms with E-state index in [4.69, 9.17) is 4.74 Å². The Morgan fingerprint density at radius 2 is 2.15 bits per heavy atom. The summed E-state index contributed by atoms with van der Waals surface area (Å²) in [5.74, 6) is 1.71. The molecule has 0 N–H and O–H groups in total. The maximum atomic E-state index is 12.9. The van der Waals surface area contributed by atoms with Crippen LogP contribution in [0.25, 0.3) is 0 Å². The zero-order valence-corrected chi connectivity index (χ0v) is 11.8. The number of hydrogen-bond acceptors (Lipinski definition) is 3. The van der Waals surface area contributed by atoms with Crippen molar-refractivity contribution < 1.29 is 9.53 Å². The van der Waals surface area contributed by atoms with E-state index in [1.807, 2.05) is 31.2 Å². The highest BCUT2D eigenvalue weighted by atomic mass is 16.5. The van der Waals surface area contributed by atoms with Crippen LogP contribution in [0, 0.1) is 0 Å². The molecule has 1 aromatic carbocycles. The minimum Gasteiger partial charge on any atom is -0.496 e. The van der Waals surface area contributed by atoms with Gasteiger partial charge in [0.25, 0.3) is 0 Å². The molecule has 0 atom stereocenters. The summed E-state index contributed by atoms with van der Waals surface area (Å²) in [7, 11) is 1.65. The Kier molecular flexibility index (Phi) is 3.08. The highest BCUT2D eigenvalue weighted by Crippen LogP contribution is 2.52. The number of aryl methyl sites for hydroxylation is 1. The second-order valence-corrected chi connectivity index (χ2v) is 5.15. The molecule has 104 valence electrons. The van der Waals surface area contributed by atoms with E-state index >= 15 is 0 Å². The van der Waals surface area contributed by atoms with Crippen LogP contribution in [0.5, 0.6) is 5.75 Å². The van der Waals surface area contributed by atoms with Crippen molar-refractivity contribution in [2.75, 3.05) is 7.11 Å². The molecule has 0 amide bonds. The van der Waals surface area contributed by atoms with E-state index in [2.05, 4.69) is 4.98 Å². The highest BCUT2D eigenvalue weighted by molar-refractivity contribution is 5.94. The Hall–Kier alpha value is -2.10. The molecular weight excluding hydrogens is 252 g/mol. The molecule has 0 saturated heterocycles. The maximum Gasteiger partial charge on any atom is 0.242 e. The van der Waals surface area contributed by atoms with Crippen LogP contribution in [0.15, 0.2) is 36.7 Å². The molecule has 4 nitrogen and oxygen atoms in total. The number of carbonyl (C=O) groups excluding carboxylic acids is 1. The number of nitrogens with zero attached hydrogens (tertiary/aromatic N) is 2. The topological polar surface area (TPSA) is 44.1 Å². The van der Waals surface area contributed by atoms with Gasteiger partial charge in [-0.05, 0) is 18.9 Å². The van der Waals surface area contributed by atoms with Gasteiger partial charge < -0.3 is 4.74 Å². The van der Waals surface area contributed by atoms with Crippen LogP contribution in [0.1, 0.15) is 35.9 Å². The lowest BCUT2D eigenvalue weighted by Crippen LogP contribution is -2.28. The Labute approximate surface area is 118 Å². The van der Waals surface area contributed by atoms with Crippen molar-refractivity contribution in [3.63, 3.8) is 0 Å². The van der Waals surface area contributed by atoms with Crippen LogP contribution < -0.4 is 4.74 Å². The summed E-state index contributed by atoms with van der Waals surface area (Å²) in [6, 6.07) is 7.79. The normalized spacial score (nSPS) is 15.9. The predicted molar refractivity (Wildman–Crippen MR) is 76.1 cm³/mol. The van der Waals surface area contributed by atoms with Crippen LogP contribution in [0.2, 0.25) is 0 Å². The lowest BCUT2D eigenvalue weighted by Gasteiger charge is -2.18. The van der Waals surface area contributed by atoms with Crippen molar-refractivity contribution in [2.45, 2.75) is 31.6 Å². The van der Waals surface area contributed by atoms with Gasteiger partial charge >= 0.3 is 0 Å². The summed E-state index contributed by atoms with van der Waals surface area (Å²) in [6.07, 6.45) is 5.94. The van der Waals surface area contributed by atoms with Crippen LogP contribution in [0.3, 0.4) is 0 Å². The van der Waals surface area contributed by atoms with Gasteiger partial charge in [0.05, 0.1) is 12.5 Å². The van der Waals surface area contributed by atoms with Gasteiger partial charge in [-0.3, -0.25) is 9.36 Å². The summed E-state index contributed by atoms with van der Waals surface area (Å²) in [4.78, 5) is 17.1. The summed E-state index contributed by atoms with van der Waals surface area (Å²) in [6.45, 7) is 2.01. The molecule has 1 aliphatic rings. The van der Waals surface area contributed by atoms with E-state index in [0.29, 0.717) is 0 Å². The van der Waals surface area contributed by atoms with Crippen LogP contribution in [-0.2, 0) is 11.8 Å². The lowest BCUT2D eigenvalue weighted by molar-refractivity contribution is 0.0857. The number of imidazole rings is 1. The fraction of sp³-hybridized carbons (Fsp3) is 0.375. The van der Waals surface area contributed by atoms with E-state index in [1.54, 1.807) is 24.1 Å². The van der Waals surface area contributed by atoms with Crippen LogP contribution >= 0.6 is 0 Å². The molecule has 4 heteroatoms. The molecule has 0 bridgehead atoms. The van der Waals surface area contributed by atoms with Gasteiger partial charge in [0.2, 0.25) is 5.91 Å². The summed E-state index contributed by atoms with van der Waals surface area (Å²) < 4.78 is 7.11. The molecule has 3 rings (SSSR count). The van der Waals surface area contributed by atoms with Crippen LogP contribution in [0.4, 0.5) is 0 Å². The van der Waals surface area contributed by atoms with Gasteiger partial charge in [0, 0.05) is 24.4 Å². The lowest BCUT2D eigenvalue weighted by atomic mass is 9.93. The van der Waals surface area contributed by atoms with E-state index in [-0.39, 0.29) is 5.91 Å². The second kappa shape index (κ2) is 4.78. The smallest absolute Gasteiger partial charge is 0.242 e. The summed E-state index contributed by atoms with van der Waals surface area (Å²) in [5, 5.41) is 0. The Bertz CT molecular complexity index is 641. The molecule has 1 aromatic heterocycles. The molecule has 1 saturated carbocycles. The third-order valence-electron chi connectivity index (χ3n) is 4.03. The van der Waals surface area contributed by atoms with Crippen molar-refractivity contribution in [1.82, 2.24) is 9.55 Å². The number of ether oxygens (including phenoxy) is 1. The Morgan fingerprint density at radius 3 is 2.80 bits per heavy atom. The molecule has 1 fully saturated rings. The van der Waals surface area contributed by atoms with E-state index in [9.17, 15) is 4.79 Å². The molecule has 2 aromatic rings. The molecule has 0 spiro atoms. The third-order valence-corrected chi connectivity index (χ3v) is 4.03. The Morgan fingerprint density at radius 1 is 1.40 bits per heavy atom. The largest absolute Gasteiger partial charge is 0.496 e. The fourth-order valence-corrected chi connectivity index (χ4v) is 2.77. The molecular formula is C16H18N2O2. The SMILES string of the molecule is CCc1nccn1C(=O)C1(c2ccccc2OC)CC1. The first-order valence-electron chi connectivity index (χ1n) is 6.93. The van der Waals surface area contributed by atoms with E-state index in [1.165, 1.54) is 0 Å². The zero-order chi connectivity index (χ0) is 14.2. The third kappa shape index (κ3) is 1.83. The molecule has 0 aliphatic heterocycles. The van der Waals surface area contributed by atoms with Gasteiger partial charge in [-0.2, -0.15) is 0 Å². The van der Waals surface area contributed by atoms with Gasteiger partial charge in [-0.25, -0.2) is 4.98 Å². The van der Waals surface area contributed by atoms with Crippen molar-refractivity contribution in [3.05, 3.63) is 48.0 Å². The van der Waals surface area contributed by atoms with Gasteiger partial charge in [-0.1, -0.05) is 25.1 Å². The number of carbonyl (C=O) groups is 1. The van der Waals surface area contributed by atoms with Crippen molar-refractivity contribution in [3.8, 4) is 5.75 Å². The molecule has 1 heterocycles. The van der Waals surface area contributed by atoms with E-state index < -0.39 is 5.41 Å². The van der Waals surface area contributed by atoms with Gasteiger partial charge in [-0.15, -0.1) is 0 Å². The van der Waals surface area contributed by atoms with Crippen molar-refractivity contribution >= 4 is 5.91 Å². The first-order valence-corrected chi connectivity index (χ1v) is 6.93. The number of hydrogen-bond donors (Lipinski definition) is 0. The van der Waals surface area contributed by atoms with Crippen molar-refractivity contribution in [1.29, 1.82) is 0 Å². The van der Waals surface area contributed by atoms with Gasteiger partial charge in [0.15, 0.2) is 0 Å². The molecule has 0 radical (unpaired) electrons. The average molecular weight is 270 g/mol. The first-order chi connectivity index (χ1) is 9.73. The summed E-state index contributed by atoms with van der Waals surface area (Å²) >= 11 is 0. The first kappa shape index (κ1) is 12.9. The van der Waals surface area contributed by atoms with E-state index in [0.717, 1.165) is 36.4 Å². The summed E-state index contributed by atoms with van der Waals surface area (Å²) in [5.41, 5.74) is 0.556. The molecule has 1 aliphatic carbocycles. The zero-order valence-electron chi connectivity index (χ0n) is 11.8. The number of rotatable bonds is 4. The Balaban J connectivity index is 2.03. The van der Waals surface area contributed by atoms with Gasteiger partial charge in [0.1, 0.15) is 11.6 Å². The average Bonchev–Trinajstić information content (AvgIpc) is 3.17. The van der Waals surface area contributed by atoms with Crippen molar-refractivity contribution in [2.24, 2.45) is 0 Å². The highest BCUT2D eigenvalue weighted by Gasteiger charge is 2.53. The monoisotopic (exact) mass is 270 g/mol. The number of benzene rings is 1. The fourth-order valence-electron chi connectivity index (χ4n) is 2.77. The number of aromatic nitrogens is 2.